The first-order valence-corrected chi connectivity index (χ1v) is 5.75. The Kier molecular flexibility index (Phi) is 4.77. The van der Waals surface area contributed by atoms with Crippen LogP contribution in [0.15, 0.2) is 37.4 Å². The van der Waals surface area contributed by atoms with E-state index in [2.05, 4.69) is 25.8 Å². The van der Waals surface area contributed by atoms with E-state index in [9.17, 15) is 5.11 Å². The van der Waals surface area contributed by atoms with Gasteiger partial charge in [0.2, 0.25) is 0 Å². The van der Waals surface area contributed by atoms with Gasteiger partial charge >= 0.3 is 0 Å². The third kappa shape index (κ3) is 2.97. The molecule has 1 aromatic rings. The van der Waals surface area contributed by atoms with Gasteiger partial charge in [0, 0.05) is 0 Å². The highest BCUT2D eigenvalue weighted by Crippen LogP contribution is 2.27. The summed E-state index contributed by atoms with van der Waals surface area (Å²) in [5.74, 6) is 0.299. The summed E-state index contributed by atoms with van der Waals surface area (Å²) in [5.41, 5.74) is 2.49. The van der Waals surface area contributed by atoms with Crippen LogP contribution in [0.2, 0.25) is 0 Å². The average Bonchev–Trinajstić information content (AvgIpc) is 2.24. The maximum absolute atomic E-state index is 9.99. The SMILES string of the molecule is C=CCc1cc(C(=S)S)cc(CC=C)c1O. The minimum Gasteiger partial charge on any atom is -0.507 e. The molecule has 16 heavy (non-hydrogen) atoms. The van der Waals surface area contributed by atoms with Crippen LogP contribution in [0.25, 0.3) is 0 Å². The van der Waals surface area contributed by atoms with E-state index in [1.54, 1.807) is 12.2 Å². The standard InChI is InChI=1S/C13H14OS2/c1-3-5-9-7-11(13(15)16)8-10(6-4-2)12(9)14/h3-4,7-8,14H,1-2,5-6H2,(H,15,16). The molecule has 0 aliphatic heterocycles. The zero-order valence-electron chi connectivity index (χ0n) is 8.94. The van der Waals surface area contributed by atoms with Crippen molar-refractivity contribution in [2.45, 2.75) is 12.8 Å². The fraction of sp³-hybridized carbons (Fsp3) is 0.154. The number of thiol groups is 1. The Morgan fingerprint density at radius 2 is 1.69 bits per heavy atom. The molecule has 0 aliphatic carbocycles. The van der Waals surface area contributed by atoms with Crippen molar-refractivity contribution in [1.82, 2.24) is 0 Å². The summed E-state index contributed by atoms with van der Waals surface area (Å²) in [6.07, 6.45) is 4.72. The lowest BCUT2D eigenvalue weighted by Crippen LogP contribution is -1.96. The summed E-state index contributed by atoms with van der Waals surface area (Å²) >= 11 is 9.17. The maximum atomic E-state index is 9.99. The molecule has 0 heterocycles. The smallest absolute Gasteiger partial charge is 0.122 e. The Hall–Kier alpha value is -1.06. The summed E-state index contributed by atoms with van der Waals surface area (Å²) in [6, 6.07) is 3.69. The highest BCUT2D eigenvalue weighted by atomic mass is 32.1. The van der Waals surface area contributed by atoms with Crippen LogP contribution in [-0.4, -0.2) is 9.30 Å². The quantitative estimate of drug-likeness (QED) is 0.474. The molecule has 0 fully saturated rings. The summed E-state index contributed by atoms with van der Waals surface area (Å²) in [7, 11) is 0. The zero-order valence-corrected chi connectivity index (χ0v) is 10.7. The highest BCUT2D eigenvalue weighted by Gasteiger charge is 2.09. The van der Waals surface area contributed by atoms with E-state index in [1.807, 2.05) is 12.1 Å². The predicted molar refractivity (Wildman–Crippen MR) is 76.6 cm³/mol. The fourth-order valence-electron chi connectivity index (χ4n) is 1.51. The summed E-state index contributed by atoms with van der Waals surface area (Å²) in [4.78, 5) is 0. The molecule has 0 atom stereocenters. The van der Waals surface area contributed by atoms with Gasteiger partial charge < -0.3 is 5.11 Å². The first-order valence-electron chi connectivity index (χ1n) is 4.90. The number of rotatable bonds is 5. The lowest BCUT2D eigenvalue weighted by atomic mass is 10.0. The first kappa shape index (κ1) is 13.0. The number of aromatic hydroxyl groups is 1. The molecule has 0 bridgehead atoms. The van der Waals surface area contributed by atoms with Crippen molar-refractivity contribution in [3.8, 4) is 5.75 Å². The molecule has 0 spiro atoms. The van der Waals surface area contributed by atoms with Crippen molar-refractivity contribution in [2.24, 2.45) is 0 Å². The molecule has 3 heteroatoms. The number of phenols is 1. The number of thiocarbonyl (C=S) groups is 1. The summed E-state index contributed by atoms with van der Waals surface area (Å²) in [6.45, 7) is 7.33. The number of allylic oxidation sites excluding steroid dienone is 2. The van der Waals surface area contributed by atoms with Crippen LogP contribution in [0.5, 0.6) is 5.75 Å². The average molecular weight is 250 g/mol. The molecule has 0 saturated heterocycles. The van der Waals surface area contributed by atoms with Crippen molar-refractivity contribution in [3.05, 3.63) is 54.1 Å². The van der Waals surface area contributed by atoms with E-state index >= 15 is 0 Å². The highest BCUT2D eigenvalue weighted by molar-refractivity contribution is 8.11. The summed E-state index contributed by atoms with van der Waals surface area (Å²) < 4.78 is 0.524. The van der Waals surface area contributed by atoms with Gasteiger partial charge in [-0.15, -0.1) is 25.8 Å². The van der Waals surface area contributed by atoms with Crippen LogP contribution < -0.4 is 0 Å². The lowest BCUT2D eigenvalue weighted by molar-refractivity contribution is 0.464. The molecule has 0 aromatic heterocycles. The Bertz CT molecular complexity index is 405. The van der Waals surface area contributed by atoms with Crippen LogP contribution in [0.1, 0.15) is 16.7 Å². The third-order valence-electron chi connectivity index (χ3n) is 2.24. The Morgan fingerprint density at radius 1 is 1.25 bits per heavy atom. The van der Waals surface area contributed by atoms with Crippen molar-refractivity contribution in [2.75, 3.05) is 0 Å². The normalized spacial score (nSPS) is 9.81. The largest absolute Gasteiger partial charge is 0.507 e. The van der Waals surface area contributed by atoms with Crippen molar-refractivity contribution in [1.29, 1.82) is 0 Å². The van der Waals surface area contributed by atoms with E-state index in [-0.39, 0.29) is 0 Å². The van der Waals surface area contributed by atoms with Crippen molar-refractivity contribution in [3.63, 3.8) is 0 Å². The fourth-order valence-corrected chi connectivity index (χ4v) is 1.75. The monoisotopic (exact) mass is 250 g/mol. The van der Waals surface area contributed by atoms with Crippen molar-refractivity contribution >= 4 is 29.0 Å². The van der Waals surface area contributed by atoms with E-state index in [0.717, 1.165) is 16.7 Å². The van der Waals surface area contributed by atoms with Gasteiger partial charge in [-0.1, -0.05) is 24.4 Å². The molecule has 84 valence electrons. The molecule has 0 amide bonds. The molecular weight excluding hydrogens is 236 g/mol. The molecule has 0 unspecified atom stereocenters. The first-order chi connectivity index (χ1) is 7.60. The van der Waals surface area contributed by atoms with Crippen LogP contribution >= 0.6 is 24.8 Å². The summed E-state index contributed by atoms with van der Waals surface area (Å²) in [5, 5.41) is 9.99. The minimum absolute atomic E-state index is 0.299. The van der Waals surface area contributed by atoms with Crippen molar-refractivity contribution < 1.29 is 5.11 Å². The second kappa shape index (κ2) is 5.87. The van der Waals surface area contributed by atoms with Gasteiger partial charge in [-0.05, 0) is 41.7 Å². The minimum atomic E-state index is 0.299. The zero-order chi connectivity index (χ0) is 12.1. The van der Waals surface area contributed by atoms with Gasteiger partial charge in [0.1, 0.15) is 5.75 Å². The molecule has 0 saturated carbocycles. The topological polar surface area (TPSA) is 20.2 Å². The van der Waals surface area contributed by atoms with E-state index < -0.39 is 0 Å². The van der Waals surface area contributed by atoms with Gasteiger partial charge in [-0.25, -0.2) is 0 Å². The van der Waals surface area contributed by atoms with Gasteiger partial charge in [0.25, 0.3) is 0 Å². The van der Waals surface area contributed by atoms with Gasteiger partial charge in [-0.3, -0.25) is 0 Å². The van der Waals surface area contributed by atoms with Crippen LogP contribution in [0.4, 0.5) is 0 Å². The number of phenolic OH excluding ortho intramolecular Hbond substituents is 1. The third-order valence-corrected chi connectivity index (χ3v) is 2.74. The lowest BCUT2D eigenvalue weighted by Gasteiger charge is -2.10. The molecule has 1 rings (SSSR count). The van der Waals surface area contributed by atoms with Gasteiger partial charge in [0.15, 0.2) is 0 Å². The van der Waals surface area contributed by atoms with Crippen LogP contribution in [0.3, 0.4) is 0 Å². The molecule has 1 N–H and O–H groups in total. The molecule has 1 nitrogen and oxygen atoms in total. The maximum Gasteiger partial charge on any atom is 0.122 e. The van der Waals surface area contributed by atoms with Gasteiger partial charge in [-0.2, -0.15) is 0 Å². The van der Waals surface area contributed by atoms with E-state index in [4.69, 9.17) is 12.2 Å². The van der Waals surface area contributed by atoms with Gasteiger partial charge in [0.05, 0.1) is 4.20 Å². The van der Waals surface area contributed by atoms with Crippen LogP contribution in [-0.2, 0) is 12.8 Å². The molecule has 0 radical (unpaired) electrons. The van der Waals surface area contributed by atoms with E-state index in [1.165, 1.54) is 0 Å². The molecular formula is C13H14OS2. The Balaban J connectivity index is 3.31. The predicted octanol–water partition coefficient (Wildman–Crippen LogP) is 3.45. The molecule has 1 aromatic carbocycles. The second-order valence-corrected chi connectivity index (χ2v) is 4.59. The Morgan fingerprint density at radius 3 is 2.00 bits per heavy atom. The number of hydrogen-bond donors (Lipinski definition) is 2. The van der Waals surface area contributed by atoms with E-state index in [0.29, 0.717) is 22.8 Å². The second-order valence-electron chi connectivity index (χ2n) is 3.43. The van der Waals surface area contributed by atoms with Crippen LogP contribution in [0, 0.1) is 0 Å². The number of hydrogen-bond acceptors (Lipinski definition) is 2. The Labute approximate surface area is 107 Å². The molecule has 0 aliphatic rings. The number of benzene rings is 1.